The number of carbonyl (C=O) groups is 2. The summed E-state index contributed by atoms with van der Waals surface area (Å²) in [5.74, 6) is -2.12. The van der Waals surface area contributed by atoms with Crippen molar-refractivity contribution >= 4 is 17.6 Å². The molecule has 0 spiro atoms. The predicted molar refractivity (Wildman–Crippen MR) is 89.7 cm³/mol. The van der Waals surface area contributed by atoms with E-state index in [0.717, 1.165) is 24.6 Å². The Kier molecular flexibility index (Phi) is 6.86. The Morgan fingerprint density at radius 1 is 1.26 bits per heavy atom. The number of alkyl halides is 3. The number of benzene rings is 1. The Morgan fingerprint density at radius 2 is 1.93 bits per heavy atom. The number of likely N-dealkylation sites (tertiary alicyclic amines) is 1. The maximum atomic E-state index is 13.6. The lowest BCUT2D eigenvalue weighted by molar-refractivity contribution is -0.275. The fraction of sp³-hybridized carbons (Fsp3) is 0.529. The van der Waals surface area contributed by atoms with Crippen LogP contribution in [0.3, 0.4) is 0 Å². The van der Waals surface area contributed by atoms with Crippen molar-refractivity contribution in [3.05, 3.63) is 24.0 Å². The van der Waals surface area contributed by atoms with Crippen LogP contribution < -0.4 is 15.4 Å². The molecule has 0 unspecified atom stereocenters. The number of rotatable bonds is 5. The molecular weight excluding hydrogens is 370 g/mol. The molecule has 150 valence electrons. The second-order valence-electron chi connectivity index (χ2n) is 6.20. The smallest absolute Gasteiger partial charge is 0.403 e. The van der Waals surface area contributed by atoms with Crippen LogP contribution in [-0.4, -0.2) is 42.3 Å². The highest BCUT2D eigenvalue weighted by molar-refractivity contribution is 5.89. The normalized spacial score (nSPS) is 15.4. The summed E-state index contributed by atoms with van der Waals surface area (Å²) in [6.07, 6.45) is -2.54. The molecule has 0 aliphatic carbocycles. The van der Waals surface area contributed by atoms with Crippen molar-refractivity contribution in [3.63, 3.8) is 0 Å². The third-order valence-electron chi connectivity index (χ3n) is 4.06. The van der Waals surface area contributed by atoms with Gasteiger partial charge in [-0.1, -0.05) is 6.92 Å². The van der Waals surface area contributed by atoms with E-state index in [1.165, 1.54) is 0 Å². The van der Waals surface area contributed by atoms with E-state index in [9.17, 15) is 27.2 Å². The molecule has 27 heavy (non-hydrogen) atoms. The van der Waals surface area contributed by atoms with Crippen molar-refractivity contribution in [2.45, 2.75) is 45.0 Å². The summed E-state index contributed by atoms with van der Waals surface area (Å²) in [6, 6.07) is 1.89. The van der Waals surface area contributed by atoms with Crippen molar-refractivity contribution < 1.29 is 31.9 Å². The van der Waals surface area contributed by atoms with Gasteiger partial charge in [-0.2, -0.15) is 0 Å². The van der Waals surface area contributed by atoms with E-state index in [2.05, 4.69) is 15.4 Å². The highest BCUT2D eigenvalue weighted by atomic mass is 19.4. The van der Waals surface area contributed by atoms with Gasteiger partial charge in [-0.05, 0) is 31.4 Å². The Morgan fingerprint density at radius 3 is 2.48 bits per heavy atom. The van der Waals surface area contributed by atoms with Crippen LogP contribution in [0.2, 0.25) is 0 Å². The minimum atomic E-state index is -5.00. The molecule has 0 radical (unpaired) electrons. The van der Waals surface area contributed by atoms with Crippen molar-refractivity contribution in [2.75, 3.05) is 18.4 Å². The van der Waals surface area contributed by atoms with Gasteiger partial charge in [0.25, 0.3) is 0 Å². The van der Waals surface area contributed by atoms with E-state index in [1.807, 2.05) is 6.92 Å². The van der Waals surface area contributed by atoms with Crippen molar-refractivity contribution in [1.82, 2.24) is 10.2 Å². The summed E-state index contributed by atoms with van der Waals surface area (Å²) in [4.78, 5) is 25.6. The first-order valence-electron chi connectivity index (χ1n) is 8.58. The second-order valence-corrected chi connectivity index (χ2v) is 6.20. The lowest BCUT2D eigenvalue weighted by atomic mass is 10.0. The number of nitrogens with one attached hydrogen (secondary N) is 2. The number of carbonyl (C=O) groups excluding carboxylic acids is 2. The highest BCUT2D eigenvalue weighted by Crippen LogP contribution is 2.27. The number of hydrogen-bond donors (Lipinski definition) is 2. The number of nitrogens with zero attached hydrogens (tertiary/aromatic N) is 1. The van der Waals surface area contributed by atoms with Crippen LogP contribution >= 0.6 is 0 Å². The fourth-order valence-electron chi connectivity index (χ4n) is 2.78. The van der Waals surface area contributed by atoms with Gasteiger partial charge in [0.05, 0.1) is 0 Å². The number of anilines is 1. The van der Waals surface area contributed by atoms with Crippen LogP contribution in [0.25, 0.3) is 0 Å². The van der Waals surface area contributed by atoms with Gasteiger partial charge in [-0.3, -0.25) is 4.79 Å². The Balaban J connectivity index is 1.83. The van der Waals surface area contributed by atoms with Gasteiger partial charge in [0.15, 0.2) is 11.6 Å². The van der Waals surface area contributed by atoms with Gasteiger partial charge in [0.2, 0.25) is 5.91 Å². The monoisotopic (exact) mass is 391 g/mol. The molecule has 1 aromatic carbocycles. The highest BCUT2D eigenvalue weighted by Gasteiger charge is 2.32. The van der Waals surface area contributed by atoms with E-state index in [-0.39, 0.29) is 17.6 Å². The summed E-state index contributed by atoms with van der Waals surface area (Å²) in [5.41, 5.74) is -0.00455. The first-order valence-corrected chi connectivity index (χ1v) is 8.58. The lowest BCUT2D eigenvalue weighted by Gasteiger charge is -2.32. The van der Waals surface area contributed by atoms with E-state index < -0.39 is 24.0 Å². The summed E-state index contributed by atoms with van der Waals surface area (Å²) in [5, 5.41) is 5.08. The van der Waals surface area contributed by atoms with E-state index in [0.29, 0.717) is 32.4 Å². The molecule has 6 nitrogen and oxygen atoms in total. The van der Waals surface area contributed by atoms with Gasteiger partial charge < -0.3 is 20.3 Å². The summed E-state index contributed by atoms with van der Waals surface area (Å²) in [6.45, 7) is 3.02. The molecule has 2 N–H and O–H groups in total. The zero-order valence-corrected chi connectivity index (χ0v) is 14.7. The molecule has 1 aliphatic rings. The molecule has 0 saturated carbocycles. The van der Waals surface area contributed by atoms with Crippen molar-refractivity contribution in [3.8, 4) is 5.75 Å². The number of amides is 3. The van der Waals surface area contributed by atoms with Crippen molar-refractivity contribution in [2.24, 2.45) is 0 Å². The summed E-state index contributed by atoms with van der Waals surface area (Å²) < 4.78 is 53.5. The number of ether oxygens (including phenoxy) is 1. The second kappa shape index (κ2) is 8.92. The number of piperidine rings is 1. The largest absolute Gasteiger partial charge is 0.573 e. The van der Waals surface area contributed by atoms with Crippen LogP contribution in [0.15, 0.2) is 18.2 Å². The fourth-order valence-corrected chi connectivity index (χ4v) is 2.78. The van der Waals surface area contributed by atoms with E-state index in [1.54, 1.807) is 4.90 Å². The maximum absolute atomic E-state index is 13.6. The SMILES string of the molecule is CCCC(=O)N1CCC(NC(=O)Nc2ccc(OC(F)(F)F)c(F)c2)CC1. The zero-order valence-electron chi connectivity index (χ0n) is 14.7. The minimum absolute atomic E-state index is 0.00455. The lowest BCUT2D eigenvalue weighted by Crippen LogP contribution is -2.47. The van der Waals surface area contributed by atoms with Gasteiger partial charge >= 0.3 is 12.4 Å². The summed E-state index contributed by atoms with van der Waals surface area (Å²) in [7, 11) is 0. The van der Waals surface area contributed by atoms with Crippen LogP contribution in [0.1, 0.15) is 32.6 Å². The van der Waals surface area contributed by atoms with Crippen LogP contribution in [-0.2, 0) is 4.79 Å². The van der Waals surface area contributed by atoms with Gasteiger partial charge in [-0.25, -0.2) is 9.18 Å². The number of halogens is 4. The van der Waals surface area contributed by atoms with E-state index >= 15 is 0 Å². The number of urea groups is 1. The van der Waals surface area contributed by atoms with Crippen LogP contribution in [0.4, 0.5) is 28.0 Å². The summed E-state index contributed by atoms with van der Waals surface area (Å²) >= 11 is 0. The zero-order chi connectivity index (χ0) is 20.0. The molecular formula is C17H21F4N3O3. The molecule has 1 saturated heterocycles. The molecule has 1 aliphatic heterocycles. The topological polar surface area (TPSA) is 70.7 Å². The average Bonchev–Trinajstić information content (AvgIpc) is 2.57. The predicted octanol–water partition coefficient (Wildman–Crippen LogP) is 3.64. The molecule has 0 atom stereocenters. The molecule has 1 fully saturated rings. The Hall–Kier alpha value is -2.52. The molecule has 0 bridgehead atoms. The van der Waals surface area contributed by atoms with Crippen molar-refractivity contribution in [1.29, 1.82) is 0 Å². The Bertz CT molecular complexity index is 674. The Labute approximate surface area is 153 Å². The first kappa shape index (κ1) is 20.8. The molecule has 0 aromatic heterocycles. The minimum Gasteiger partial charge on any atom is -0.403 e. The van der Waals surface area contributed by atoms with Crippen LogP contribution in [0, 0.1) is 5.82 Å². The molecule has 10 heteroatoms. The van der Waals surface area contributed by atoms with Gasteiger partial charge in [0, 0.05) is 37.3 Å². The molecule has 2 rings (SSSR count). The average molecular weight is 391 g/mol. The van der Waals surface area contributed by atoms with Gasteiger partial charge in [0.1, 0.15) is 0 Å². The molecule has 1 aromatic rings. The van der Waals surface area contributed by atoms with Gasteiger partial charge in [-0.15, -0.1) is 13.2 Å². The quantitative estimate of drug-likeness (QED) is 0.753. The molecule has 3 amide bonds. The van der Waals surface area contributed by atoms with Crippen LogP contribution in [0.5, 0.6) is 5.75 Å². The first-order chi connectivity index (χ1) is 12.7. The van der Waals surface area contributed by atoms with E-state index in [4.69, 9.17) is 0 Å². The third-order valence-corrected chi connectivity index (χ3v) is 4.06. The molecule has 1 heterocycles. The third kappa shape index (κ3) is 6.61. The number of hydrogen-bond acceptors (Lipinski definition) is 3. The maximum Gasteiger partial charge on any atom is 0.573 e. The standard InChI is InChI=1S/C17H21F4N3O3/c1-2-3-15(25)24-8-6-11(7-9-24)22-16(26)23-12-4-5-14(13(18)10-12)27-17(19,20)21/h4-5,10-11H,2-3,6-9H2,1H3,(H2,22,23,26).